The van der Waals surface area contributed by atoms with Gasteiger partial charge in [-0.3, -0.25) is 0 Å². The fourth-order valence-corrected chi connectivity index (χ4v) is 0.625. The summed E-state index contributed by atoms with van der Waals surface area (Å²) < 4.78 is 38.8. The Kier molecular flexibility index (Phi) is 4.71. The molecule has 0 heterocycles. The third-order valence-corrected chi connectivity index (χ3v) is 1.15. The highest BCUT2D eigenvalue weighted by Crippen LogP contribution is 2.16. The average molecular weight is 201 g/mol. The molecule has 7 heteroatoms. The van der Waals surface area contributed by atoms with Crippen LogP contribution in [0.3, 0.4) is 0 Å². The van der Waals surface area contributed by atoms with Crippen molar-refractivity contribution in [1.82, 2.24) is 0 Å². The molecule has 4 nitrogen and oxygen atoms in total. The lowest BCUT2D eigenvalue weighted by Gasteiger charge is -2.13. The molecule has 0 saturated carbocycles. The third kappa shape index (κ3) is 6.35. The van der Waals surface area contributed by atoms with Gasteiger partial charge in [-0.05, 0) is 13.0 Å². The van der Waals surface area contributed by atoms with E-state index in [9.17, 15) is 18.0 Å². The summed E-state index contributed by atoms with van der Waals surface area (Å²) in [6.07, 6.45) is -6.13. The van der Waals surface area contributed by atoms with Gasteiger partial charge in [-0.1, -0.05) is 0 Å². The van der Waals surface area contributed by atoms with Crippen LogP contribution in [0.15, 0.2) is 0 Å². The third-order valence-electron chi connectivity index (χ3n) is 1.15. The van der Waals surface area contributed by atoms with Crippen molar-refractivity contribution in [2.24, 2.45) is 5.73 Å². The topological polar surface area (TPSA) is 72.5 Å². The van der Waals surface area contributed by atoms with Gasteiger partial charge >= 0.3 is 12.1 Å². The summed E-state index contributed by atoms with van der Waals surface area (Å²) in [7, 11) is 0. The normalized spacial score (nSPS) is 14.2. The number of ether oxygens (including phenoxy) is 1. The molecule has 13 heavy (non-hydrogen) atoms. The Hall–Kier alpha value is -0.820. The molecule has 0 aromatic heterocycles. The first kappa shape index (κ1) is 12.2. The number of rotatable bonds is 5. The van der Waals surface area contributed by atoms with Crippen molar-refractivity contribution in [3.8, 4) is 0 Å². The molecule has 0 fully saturated rings. The molecule has 1 atom stereocenters. The minimum atomic E-state index is -4.51. The summed E-state index contributed by atoms with van der Waals surface area (Å²) in [5.74, 6) is -1.44. The Bertz CT molecular complexity index is 171. The average Bonchev–Trinajstić information content (AvgIpc) is 1.95. The molecular weight excluding hydrogens is 191 g/mol. The van der Waals surface area contributed by atoms with Gasteiger partial charge in [-0.2, -0.15) is 13.2 Å². The van der Waals surface area contributed by atoms with Gasteiger partial charge in [0.25, 0.3) is 0 Å². The Morgan fingerprint density at radius 2 is 2.08 bits per heavy atom. The van der Waals surface area contributed by atoms with Crippen LogP contribution in [0.4, 0.5) is 13.2 Å². The smallest absolute Gasteiger partial charge is 0.411 e. The van der Waals surface area contributed by atoms with E-state index in [4.69, 9.17) is 10.8 Å². The lowest BCUT2D eigenvalue weighted by molar-refractivity contribution is -0.192. The van der Waals surface area contributed by atoms with E-state index in [1.807, 2.05) is 0 Å². The summed E-state index contributed by atoms with van der Waals surface area (Å²) in [6, 6.07) is 0. The minimum Gasteiger partial charge on any atom is -0.479 e. The highest BCUT2D eigenvalue weighted by Gasteiger charge is 2.30. The molecule has 0 aliphatic rings. The summed E-state index contributed by atoms with van der Waals surface area (Å²) >= 11 is 0. The highest BCUT2D eigenvalue weighted by atomic mass is 19.4. The molecule has 3 N–H and O–H groups in total. The SMILES string of the molecule is NCCC(OCC(F)(F)F)C(=O)O. The van der Waals surface area contributed by atoms with E-state index in [-0.39, 0.29) is 13.0 Å². The summed E-state index contributed by atoms with van der Waals surface area (Å²) in [5.41, 5.74) is 4.98. The largest absolute Gasteiger partial charge is 0.479 e. The first-order valence-corrected chi connectivity index (χ1v) is 3.48. The van der Waals surface area contributed by atoms with E-state index in [1.165, 1.54) is 0 Å². The monoisotopic (exact) mass is 201 g/mol. The molecule has 0 rings (SSSR count). The maximum atomic E-state index is 11.6. The van der Waals surface area contributed by atoms with Gasteiger partial charge in [-0.15, -0.1) is 0 Å². The van der Waals surface area contributed by atoms with Crippen LogP contribution < -0.4 is 5.73 Å². The second-order valence-corrected chi connectivity index (χ2v) is 2.33. The van der Waals surface area contributed by atoms with Gasteiger partial charge in [0.2, 0.25) is 0 Å². The Morgan fingerprint density at radius 3 is 2.38 bits per heavy atom. The molecule has 0 aliphatic heterocycles. The second-order valence-electron chi connectivity index (χ2n) is 2.33. The van der Waals surface area contributed by atoms with Gasteiger partial charge < -0.3 is 15.6 Å². The van der Waals surface area contributed by atoms with E-state index >= 15 is 0 Å². The van der Waals surface area contributed by atoms with Crippen molar-refractivity contribution in [3.63, 3.8) is 0 Å². The zero-order valence-electron chi connectivity index (χ0n) is 6.67. The van der Waals surface area contributed by atoms with Gasteiger partial charge in [-0.25, -0.2) is 4.79 Å². The molecule has 0 saturated heterocycles. The van der Waals surface area contributed by atoms with E-state index < -0.39 is 24.9 Å². The number of aliphatic carboxylic acids is 1. The van der Waals surface area contributed by atoms with Crippen LogP contribution in [0.1, 0.15) is 6.42 Å². The molecule has 0 bridgehead atoms. The van der Waals surface area contributed by atoms with Crippen molar-refractivity contribution in [1.29, 1.82) is 0 Å². The Labute approximate surface area is 72.5 Å². The molecule has 1 unspecified atom stereocenters. The molecule has 0 radical (unpaired) electrons. The molecule has 0 aromatic rings. The van der Waals surface area contributed by atoms with Crippen LogP contribution >= 0.6 is 0 Å². The predicted octanol–water partition coefficient (Wildman–Crippen LogP) is 0.367. The van der Waals surface area contributed by atoms with Crippen molar-refractivity contribution < 1.29 is 27.8 Å². The number of halogens is 3. The number of hydrogen-bond donors (Lipinski definition) is 2. The second kappa shape index (κ2) is 5.03. The summed E-state index contributed by atoms with van der Waals surface area (Å²) in [6.45, 7) is -1.60. The van der Waals surface area contributed by atoms with Crippen molar-refractivity contribution in [2.75, 3.05) is 13.2 Å². The van der Waals surface area contributed by atoms with E-state index in [2.05, 4.69) is 4.74 Å². The molecular formula is C6H10F3NO3. The number of hydrogen-bond acceptors (Lipinski definition) is 3. The van der Waals surface area contributed by atoms with Gasteiger partial charge in [0, 0.05) is 0 Å². The molecule has 0 amide bonds. The van der Waals surface area contributed by atoms with Crippen LogP contribution in [0.25, 0.3) is 0 Å². The molecule has 0 aliphatic carbocycles. The maximum Gasteiger partial charge on any atom is 0.411 e. The van der Waals surface area contributed by atoms with Crippen LogP contribution in [-0.2, 0) is 9.53 Å². The zero-order chi connectivity index (χ0) is 10.5. The van der Waals surface area contributed by atoms with Crippen molar-refractivity contribution >= 4 is 5.97 Å². The predicted molar refractivity (Wildman–Crippen MR) is 37.1 cm³/mol. The summed E-state index contributed by atoms with van der Waals surface area (Å²) in [4.78, 5) is 10.3. The zero-order valence-corrected chi connectivity index (χ0v) is 6.67. The maximum absolute atomic E-state index is 11.6. The highest BCUT2D eigenvalue weighted by molar-refractivity contribution is 5.72. The number of carbonyl (C=O) groups is 1. The van der Waals surface area contributed by atoms with Crippen LogP contribution in [0.2, 0.25) is 0 Å². The van der Waals surface area contributed by atoms with Gasteiger partial charge in [0.15, 0.2) is 6.10 Å². The Morgan fingerprint density at radius 1 is 1.54 bits per heavy atom. The van der Waals surface area contributed by atoms with Crippen molar-refractivity contribution in [3.05, 3.63) is 0 Å². The molecule has 78 valence electrons. The fraction of sp³-hybridized carbons (Fsp3) is 0.833. The molecule has 0 aromatic carbocycles. The van der Waals surface area contributed by atoms with Crippen LogP contribution in [-0.4, -0.2) is 36.5 Å². The lowest BCUT2D eigenvalue weighted by atomic mass is 10.2. The first-order valence-electron chi connectivity index (χ1n) is 3.48. The number of alkyl halides is 3. The van der Waals surface area contributed by atoms with Crippen molar-refractivity contribution in [2.45, 2.75) is 18.7 Å². The van der Waals surface area contributed by atoms with E-state index in [0.29, 0.717) is 0 Å². The van der Waals surface area contributed by atoms with Gasteiger partial charge in [0.1, 0.15) is 6.61 Å². The number of nitrogens with two attached hydrogens (primary N) is 1. The van der Waals surface area contributed by atoms with Crippen LogP contribution in [0.5, 0.6) is 0 Å². The Balaban J connectivity index is 3.90. The number of carboxylic acids is 1. The quantitative estimate of drug-likeness (QED) is 0.673. The van der Waals surface area contributed by atoms with Gasteiger partial charge in [0.05, 0.1) is 0 Å². The fourth-order valence-electron chi connectivity index (χ4n) is 0.625. The van der Waals surface area contributed by atoms with E-state index in [1.54, 1.807) is 0 Å². The summed E-state index contributed by atoms with van der Waals surface area (Å²) in [5, 5.41) is 8.35. The standard InChI is InChI=1S/C6H10F3NO3/c7-6(8,9)3-13-4(1-2-10)5(11)12/h4H,1-3,10H2,(H,11,12). The van der Waals surface area contributed by atoms with E-state index in [0.717, 1.165) is 0 Å². The van der Waals surface area contributed by atoms with Crippen LogP contribution in [0, 0.1) is 0 Å². The molecule has 0 spiro atoms. The lowest BCUT2D eigenvalue weighted by Crippen LogP contribution is -2.31. The number of carboxylic acid groups (broad SMARTS) is 1. The first-order chi connectivity index (χ1) is 5.87. The minimum absolute atomic E-state index is 0.0329.